The van der Waals surface area contributed by atoms with Crippen LogP contribution in [0.25, 0.3) is 55.6 Å². The average Bonchev–Trinajstić information content (AvgIpc) is 3.63. The molecule has 1 radical (unpaired) electrons. The number of nitrogens with zero attached hydrogens (tertiary/aromatic N) is 3. The molecule has 0 saturated heterocycles. The molecule has 0 saturated carbocycles. The van der Waals surface area contributed by atoms with E-state index in [9.17, 15) is 0 Å². The van der Waals surface area contributed by atoms with Gasteiger partial charge in [0.15, 0.2) is 0 Å². The van der Waals surface area contributed by atoms with Crippen molar-refractivity contribution in [2.75, 3.05) is 0 Å². The molecule has 7 rings (SSSR count). The second kappa shape index (κ2) is 14.1. The van der Waals surface area contributed by atoms with Crippen LogP contribution in [0.5, 0.6) is 0 Å². The maximum absolute atomic E-state index is 6.15. The fraction of sp³-hybridized carbons (Fsp3) is 0.268. The molecule has 0 fully saturated rings. The average molecular weight is 814 g/mol. The maximum Gasteiger partial charge on any atom is 0.120 e. The molecule has 0 atom stereocenters. The summed E-state index contributed by atoms with van der Waals surface area (Å²) in [6.45, 7) is 19.1. The topological polar surface area (TPSA) is 43.9 Å². The second-order valence-electron chi connectivity index (χ2n) is 13.6. The molecular formula is C41H43IrN3OSi-2. The van der Waals surface area contributed by atoms with Gasteiger partial charge in [-0.15, -0.1) is 53.6 Å². The van der Waals surface area contributed by atoms with Crippen LogP contribution in [-0.4, -0.2) is 22.6 Å². The summed E-state index contributed by atoms with van der Waals surface area (Å²) >= 11 is 0. The molecule has 3 aromatic heterocycles. The van der Waals surface area contributed by atoms with Crippen LogP contribution in [0.1, 0.15) is 57.6 Å². The number of fused-ring (bicyclic) bond motifs is 4. The third-order valence-electron chi connectivity index (χ3n) is 8.68. The molecule has 0 spiro atoms. The van der Waals surface area contributed by atoms with E-state index in [-0.39, 0.29) is 20.1 Å². The standard InChI is InChI=1S/C21H15N2O.C20H28NSi.Ir/c1-2-23-18-12-5-4-11-17(18)22-21(23)16-10-7-9-15-14-8-3-6-13-19(14)24-20(15)16;1-14(2)16-8-10-17(11-9-16)19-12-18(15(3)4)20(13-21-19)22(5,6)7;/h3-9,11-13H,2H2,1H3;8-10,12-15H,1-7H3;/q2*-1;. The molecule has 4 aromatic carbocycles. The van der Waals surface area contributed by atoms with Crippen molar-refractivity contribution in [2.24, 2.45) is 0 Å². The van der Waals surface area contributed by atoms with Crippen LogP contribution in [0.3, 0.4) is 0 Å². The summed E-state index contributed by atoms with van der Waals surface area (Å²) in [5.74, 6) is 1.97. The minimum Gasteiger partial charge on any atom is -0.501 e. The molecule has 0 N–H and O–H groups in total. The SMILES string of the molecule is CC(C)c1c[c-]c(-c2cc(C(C)C)c([Si](C)(C)C)cn2)cc1.CCn1c(-c2[c-]ccc3c2oc2ccccc23)nc2ccccc21.[Ir]. The van der Waals surface area contributed by atoms with Gasteiger partial charge in [0.05, 0.1) is 30.5 Å². The molecule has 0 bridgehead atoms. The summed E-state index contributed by atoms with van der Waals surface area (Å²) in [6, 6.07) is 35.8. The van der Waals surface area contributed by atoms with Crippen LogP contribution in [0.2, 0.25) is 19.6 Å². The fourth-order valence-electron chi connectivity index (χ4n) is 6.12. The van der Waals surface area contributed by atoms with E-state index >= 15 is 0 Å². The zero-order chi connectivity index (χ0) is 32.6. The predicted molar refractivity (Wildman–Crippen MR) is 197 cm³/mol. The van der Waals surface area contributed by atoms with Gasteiger partial charge in [0.1, 0.15) is 5.58 Å². The Hall–Kier alpha value is -3.83. The van der Waals surface area contributed by atoms with Gasteiger partial charge in [0.2, 0.25) is 0 Å². The first kappa shape index (κ1) is 34.5. The molecule has 6 heteroatoms. The van der Waals surface area contributed by atoms with Gasteiger partial charge in [-0.3, -0.25) is 4.98 Å². The number of rotatable bonds is 6. The summed E-state index contributed by atoms with van der Waals surface area (Å²) in [5, 5.41) is 3.71. The molecule has 47 heavy (non-hydrogen) atoms. The van der Waals surface area contributed by atoms with Crippen LogP contribution >= 0.6 is 0 Å². The summed E-state index contributed by atoms with van der Waals surface area (Å²) in [5.41, 5.74) is 9.71. The van der Waals surface area contributed by atoms with Crippen LogP contribution in [-0.2, 0) is 26.7 Å². The Kier molecular flexibility index (Phi) is 10.4. The number of imidazole rings is 1. The Morgan fingerprint density at radius 3 is 2.28 bits per heavy atom. The molecular weight excluding hydrogens is 771 g/mol. The van der Waals surface area contributed by atoms with Crippen molar-refractivity contribution in [3.63, 3.8) is 0 Å². The first-order valence-corrected chi connectivity index (χ1v) is 19.9. The van der Waals surface area contributed by atoms with E-state index in [1.807, 2.05) is 42.5 Å². The summed E-state index contributed by atoms with van der Waals surface area (Å²) < 4.78 is 8.36. The number of aryl methyl sites for hydroxylation is 1. The minimum absolute atomic E-state index is 0. The number of hydrogen-bond acceptors (Lipinski definition) is 3. The van der Waals surface area contributed by atoms with Gasteiger partial charge in [-0.1, -0.05) is 106 Å². The Morgan fingerprint density at radius 2 is 1.60 bits per heavy atom. The van der Waals surface area contributed by atoms with Gasteiger partial charge in [0, 0.05) is 38.2 Å². The quantitative estimate of drug-likeness (QED) is 0.124. The zero-order valence-electron chi connectivity index (χ0n) is 28.6. The third-order valence-corrected chi connectivity index (χ3v) is 10.7. The predicted octanol–water partition coefficient (Wildman–Crippen LogP) is 10.8. The largest absolute Gasteiger partial charge is 0.501 e. The van der Waals surface area contributed by atoms with Crippen molar-refractivity contribution >= 4 is 46.2 Å². The van der Waals surface area contributed by atoms with E-state index in [1.165, 1.54) is 16.3 Å². The number of hydrogen-bond donors (Lipinski definition) is 0. The van der Waals surface area contributed by atoms with E-state index in [1.54, 1.807) is 0 Å². The first-order chi connectivity index (χ1) is 22.1. The Morgan fingerprint density at radius 1 is 0.851 bits per heavy atom. The number of aromatic nitrogens is 3. The van der Waals surface area contributed by atoms with E-state index in [2.05, 4.69) is 120 Å². The van der Waals surface area contributed by atoms with E-state index < -0.39 is 8.07 Å². The van der Waals surface area contributed by atoms with Gasteiger partial charge >= 0.3 is 0 Å². The summed E-state index contributed by atoms with van der Waals surface area (Å²) in [7, 11) is -1.36. The third kappa shape index (κ3) is 6.92. The van der Waals surface area contributed by atoms with Crippen molar-refractivity contribution < 1.29 is 24.5 Å². The fourth-order valence-corrected chi connectivity index (χ4v) is 7.80. The molecule has 0 unspecified atom stereocenters. The maximum atomic E-state index is 6.15. The first-order valence-electron chi connectivity index (χ1n) is 16.4. The zero-order valence-corrected chi connectivity index (χ0v) is 32.0. The van der Waals surface area contributed by atoms with Gasteiger partial charge < -0.3 is 14.0 Å². The summed E-state index contributed by atoms with van der Waals surface area (Å²) in [4.78, 5) is 9.58. The minimum atomic E-state index is -1.36. The number of furan rings is 1. The Balaban J connectivity index is 0.000000182. The Bertz CT molecular complexity index is 2140. The van der Waals surface area contributed by atoms with Crippen LogP contribution in [0.4, 0.5) is 0 Å². The van der Waals surface area contributed by atoms with Crippen LogP contribution in [0, 0.1) is 12.1 Å². The molecule has 0 aliphatic carbocycles. The monoisotopic (exact) mass is 814 g/mol. The summed E-state index contributed by atoms with van der Waals surface area (Å²) in [6.07, 6.45) is 2.11. The van der Waals surface area contributed by atoms with Gasteiger partial charge in [-0.05, 0) is 41.9 Å². The molecule has 243 valence electrons. The second-order valence-corrected chi connectivity index (χ2v) is 18.7. The number of pyridine rings is 1. The number of benzene rings is 4. The van der Waals surface area contributed by atoms with Crippen molar-refractivity contribution in [1.82, 2.24) is 14.5 Å². The van der Waals surface area contributed by atoms with Gasteiger partial charge in [-0.2, -0.15) is 0 Å². The van der Waals surface area contributed by atoms with E-state index in [0.29, 0.717) is 11.8 Å². The molecule has 0 aliphatic heterocycles. The van der Waals surface area contributed by atoms with Crippen molar-refractivity contribution in [3.8, 4) is 22.6 Å². The number of para-hydroxylation sites is 3. The van der Waals surface area contributed by atoms with E-state index in [0.717, 1.165) is 62.2 Å². The van der Waals surface area contributed by atoms with Gasteiger partial charge in [-0.25, -0.2) is 0 Å². The van der Waals surface area contributed by atoms with Crippen molar-refractivity contribution in [1.29, 1.82) is 0 Å². The van der Waals surface area contributed by atoms with Crippen LogP contribution in [0.15, 0.2) is 95.5 Å². The van der Waals surface area contributed by atoms with E-state index in [4.69, 9.17) is 14.4 Å². The smallest absolute Gasteiger partial charge is 0.120 e. The van der Waals surface area contributed by atoms with Crippen LogP contribution < -0.4 is 5.19 Å². The molecule has 0 amide bonds. The normalized spacial score (nSPS) is 11.7. The molecule has 4 nitrogen and oxygen atoms in total. The molecule has 7 aromatic rings. The Labute approximate surface area is 293 Å². The van der Waals surface area contributed by atoms with Gasteiger partial charge in [0.25, 0.3) is 0 Å². The molecule has 3 heterocycles. The van der Waals surface area contributed by atoms with Crippen molar-refractivity contribution in [3.05, 3.63) is 114 Å². The van der Waals surface area contributed by atoms with Crippen molar-refractivity contribution in [2.45, 2.75) is 72.6 Å². The molecule has 0 aliphatic rings.